The third kappa shape index (κ3) is 3.71. The van der Waals surface area contributed by atoms with E-state index in [0.717, 1.165) is 18.5 Å². The minimum absolute atomic E-state index is 0.321. The fourth-order valence-corrected chi connectivity index (χ4v) is 2.69. The summed E-state index contributed by atoms with van der Waals surface area (Å²) in [5, 5.41) is 0. The van der Waals surface area contributed by atoms with Crippen LogP contribution < -0.4 is 5.73 Å². The normalized spacial score (nSPS) is 16.9. The highest BCUT2D eigenvalue weighted by Crippen LogP contribution is 2.34. The molecule has 1 saturated carbocycles. The van der Waals surface area contributed by atoms with E-state index in [-0.39, 0.29) is 5.97 Å². The summed E-state index contributed by atoms with van der Waals surface area (Å²) in [6.07, 6.45) is 7.49. The van der Waals surface area contributed by atoms with Crippen LogP contribution in [0.5, 0.6) is 0 Å². The second-order valence-corrected chi connectivity index (χ2v) is 6.54. The van der Waals surface area contributed by atoms with Gasteiger partial charge in [-0.15, -0.1) is 0 Å². The maximum absolute atomic E-state index is 12.4. The van der Waals surface area contributed by atoms with Crippen LogP contribution in [-0.2, 0) is 4.74 Å². The predicted molar refractivity (Wildman–Crippen MR) is 79.6 cm³/mol. The van der Waals surface area contributed by atoms with Crippen LogP contribution in [-0.4, -0.2) is 16.6 Å². The average Bonchev–Trinajstić information content (AvgIpc) is 2.37. The molecule has 0 aromatic carbocycles. The maximum atomic E-state index is 12.4. The van der Waals surface area contributed by atoms with E-state index in [0.29, 0.717) is 17.2 Å². The van der Waals surface area contributed by atoms with Crippen molar-refractivity contribution in [2.75, 3.05) is 5.73 Å². The second kappa shape index (κ2) is 5.81. The molecule has 0 spiro atoms. The number of nitrogens with two attached hydrogens (primary N) is 1. The summed E-state index contributed by atoms with van der Waals surface area (Å²) in [7, 11) is 0. The summed E-state index contributed by atoms with van der Waals surface area (Å²) in [4.78, 5) is 16.8. The number of nitrogen functional groups attached to an aromatic ring is 1. The Morgan fingerprint density at radius 1 is 1.30 bits per heavy atom. The van der Waals surface area contributed by atoms with E-state index in [1.807, 2.05) is 20.8 Å². The Hall–Kier alpha value is -1.58. The van der Waals surface area contributed by atoms with Crippen molar-refractivity contribution < 1.29 is 9.53 Å². The molecule has 1 heterocycles. The number of ether oxygens (including phenoxy) is 1. The van der Waals surface area contributed by atoms with Gasteiger partial charge in [0.05, 0.1) is 23.1 Å². The van der Waals surface area contributed by atoms with Gasteiger partial charge in [-0.3, -0.25) is 4.98 Å². The van der Waals surface area contributed by atoms with Gasteiger partial charge in [0.2, 0.25) is 0 Å². The molecular weight excluding hydrogens is 252 g/mol. The molecule has 0 radical (unpaired) electrons. The first kappa shape index (κ1) is 14.8. The zero-order valence-corrected chi connectivity index (χ0v) is 12.6. The van der Waals surface area contributed by atoms with E-state index in [1.165, 1.54) is 19.3 Å². The number of esters is 1. The van der Waals surface area contributed by atoms with E-state index in [9.17, 15) is 4.79 Å². The summed E-state index contributed by atoms with van der Waals surface area (Å²) in [6.45, 7) is 5.60. The third-order valence-electron chi connectivity index (χ3n) is 3.55. The number of pyridine rings is 1. The van der Waals surface area contributed by atoms with E-state index in [4.69, 9.17) is 10.5 Å². The van der Waals surface area contributed by atoms with Crippen molar-refractivity contribution in [3.8, 4) is 0 Å². The summed E-state index contributed by atoms with van der Waals surface area (Å²) in [6, 6.07) is 1.70. The lowest BCUT2D eigenvalue weighted by Crippen LogP contribution is -2.25. The number of carbonyl (C=O) groups excluding carboxylic acids is 1. The minimum atomic E-state index is -0.508. The quantitative estimate of drug-likeness (QED) is 0.837. The van der Waals surface area contributed by atoms with Crippen LogP contribution in [0.4, 0.5) is 5.69 Å². The van der Waals surface area contributed by atoms with Crippen molar-refractivity contribution in [3.05, 3.63) is 23.5 Å². The molecule has 20 heavy (non-hydrogen) atoms. The number of aromatic nitrogens is 1. The van der Waals surface area contributed by atoms with Crippen molar-refractivity contribution in [2.24, 2.45) is 0 Å². The Bertz CT molecular complexity index is 486. The smallest absolute Gasteiger partial charge is 0.340 e. The largest absolute Gasteiger partial charge is 0.456 e. The summed E-state index contributed by atoms with van der Waals surface area (Å²) >= 11 is 0. The van der Waals surface area contributed by atoms with E-state index >= 15 is 0 Å². The van der Waals surface area contributed by atoms with Crippen LogP contribution in [0.1, 0.15) is 74.8 Å². The summed E-state index contributed by atoms with van der Waals surface area (Å²) in [5.74, 6) is 0.0322. The highest BCUT2D eigenvalue weighted by Gasteiger charge is 2.26. The first-order valence-electron chi connectivity index (χ1n) is 7.35. The molecule has 2 rings (SSSR count). The topological polar surface area (TPSA) is 65.2 Å². The molecule has 110 valence electrons. The van der Waals surface area contributed by atoms with Crippen LogP contribution in [0.2, 0.25) is 0 Å². The third-order valence-corrected chi connectivity index (χ3v) is 3.55. The molecule has 1 aliphatic carbocycles. The zero-order valence-electron chi connectivity index (χ0n) is 12.6. The predicted octanol–water partition coefficient (Wildman–Crippen LogP) is 3.67. The number of carbonyl (C=O) groups is 1. The highest BCUT2D eigenvalue weighted by atomic mass is 16.6. The van der Waals surface area contributed by atoms with Crippen LogP contribution >= 0.6 is 0 Å². The average molecular weight is 276 g/mol. The molecule has 4 nitrogen and oxygen atoms in total. The minimum Gasteiger partial charge on any atom is -0.456 e. The van der Waals surface area contributed by atoms with Crippen LogP contribution in [0.3, 0.4) is 0 Å². The van der Waals surface area contributed by atoms with Gasteiger partial charge in [0, 0.05) is 5.92 Å². The van der Waals surface area contributed by atoms with Gasteiger partial charge < -0.3 is 10.5 Å². The first-order valence-corrected chi connectivity index (χ1v) is 7.35. The highest BCUT2D eigenvalue weighted by molar-refractivity contribution is 5.92. The maximum Gasteiger partial charge on any atom is 0.340 e. The molecule has 0 unspecified atom stereocenters. The van der Waals surface area contributed by atoms with Crippen molar-refractivity contribution in [3.63, 3.8) is 0 Å². The molecule has 0 aliphatic heterocycles. The lowest BCUT2D eigenvalue weighted by Gasteiger charge is -2.25. The number of hydrogen-bond acceptors (Lipinski definition) is 4. The Morgan fingerprint density at radius 3 is 2.55 bits per heavy atom. The molecular formula is C16H24N2O2. The number of hydrogen-bond donors (Lipinski definition) is 1. The van der Waals surface area contributed by atoms with E-state index < -0.39 is 5.60 Å². The molecule has 1 aromatic heterocycles. The molecule has 0 atom stereocenters. The number of rotatable bonds is 2. The van der Waals surface area contributed by atoms with Gasteiger partial charge in [0.25, 0.3) is 0 Å². The molecule has 1 aromatic rings. The number of nitrogens with zero attached hydrogens (tertiary/aromatic N) is 1. The SMILES string of the molecule is CC(C)(C)OC(=O)c1cc(N)cnc1C1CCCCC1. The van der Waals surface area contributed by atoms with Gasteiger partial charge in [-0.05, 0) is 39.7 Å². The Balaban J connectivity index is 2.30. The van der Waals surface area contributed by atoms with Gasteiger partial charge in [-0.2, -0.15) is 0 Å². The number of anilines is 1. The van der Waals surface area contributed by atoms with Gasteiger partial charge >= 0.3 is 5.97 Å². The molecule has 2 N–H and O–H groups in total. The molecule has 0 amide bonds. The van der Waals surface area contributed by atoms with E-state index in [1.54, 1.807) is 12.3 Å². The van der Waals surface area contributed by atoms with Crippen molar-refractivity contribution >= 4 is 11.7 Å². The van der Waals surface area contributed by atoms with E-state index in [2.05, 4.69) is 4.98 Å². The van der Waals surface area contributed by atoms with Crippen molar-refractivity contribution in [1.29, 1.82) is 0 Å². The van der Waals surface area contributed by atoms with Gasteiger partial charge in [-0.1, -0.05) is 19.3 Å². The Morgan fingerprint density at radius 2 is 1.95 bits per heavy atom. The molecule has 0 saturated heterocycles. The molecule has 4 heteroatoms. The molecule has 0 bridgehead atoms. The van der Waals surface area contributed by atoms with Gasteiger partial charge in [0.1, 0.15) is 5.60 Å². The van der Waals surface area contributed by atoms with Gasteiger partial charge in [0.15, 0.2) is 0 Å². The summed E-state index contributed by atoms with van der Waals surface area (Å²) in [5.41, 5.74) is 7.17. The van der Waals surface area contributed by atoms with Crippen LogP contribution in [0.15, 0.2) is 12.3 Å². The standard InChI is InChI=1S/C16H24N2O2/c1-16(2,3)20-15(19)13-9-12(17)10-18-14(13)11-7-5-4-6-8-11/h9-11H,4-8,17H2,1-3H3. The molecule has 1 fully saturated rings. The fourth-order valence-electron chi connectivity index (χ4n) is 2.69. The zero-order chi connectivity index (χ0) is 14.8. The monoisotopic (exact) mass is 276 g/mol. The van der Waals surface area contributed by atoms with Gasteiger partial charge in [-0.25, -0.2) is 4.79 Å². The molecule has 1 aliphatic rings. The van der Waals surface area contributed by atoms with Crippen molar-refractivity contribution in [1.82, 2.24) is 4.98 Å². The lowest BCUT2D eigenvalue weighted by molar-refractivity contribution is 0.00669. The van der Waals surface area contributed by atoms with Crippen LogP contribution in [0.25, 0.3) is 0 Å². The van der Waals surface area contributed by atoms with Crippen molar-refractivity contribution in [2.45, 2.75) is 64.4 Å². The Labute approximate surface area is 120 Å². The first-order chi connectivity index (χ1) is 9.37. The summed E-state index contributed by atoms with van der Waals surface area (Å²) < 4.78 is 5.48. The van der Waals surface area contributed by atoms with Crippen LogP contribution in [0, 0.1) is 0 Å². The Kier molecular flexibility index (Phi) is 4.31. The fraction of sp³-hybridized carbons (Fsp3) is 0.625. The lowest BCUT2D eigenvalue weighted by atomic mass is 9.85. The second-order valence-electron chi connectivity index (χ2n) is 6.54.